The molecule has 4 aromatic rings. The summed E-state index contributed by atoms with van der Waals surface area (Å²) in [5.41, 5.74) is 3.19. The summed E-state index contributed by atoms with van der Waals surface area (Å²) < 4.78 is 15.7. The number of nitrogens with one attached hydrogen (secondary N) is 1. The van der Waals surface area contributed by atoms with Gasteiger partial charge in [-0.3, -0.25) is 4.79 Å². The summed E-state index contributed by atoms with van der Waals surface area (Å²) in [4.78, 5) is 36.7. The molecule has 0 radical (unpaired) electrons. The number of ketones is 1. The highest BCUT2D eigenvalue weighted by Gasteiger charge is 2.14. The van der Waals surface area contributed by atoms with Crippen LogP contribution in [0.1, 0.15) is 39.9 Å². The number of aromatic amines is 1. The second-order valence-electron chi connectivity index (χ2n) is 7.57. The minimum atomic E-state index is -0.405. The van der Waals surface area contributed by atoms with E-state index in [1.54, 1.807) is 45.5 Å². The summed E-state index contributed by atoms with van der Waals surface area (Å²) in [7, 11) is 3.19. The third-order valence-corrected chi connectivity index (χ3v) is 5.43. The second kappa shape index (κ2) is 10.2. The molecule has 0 aliphatic carbocycles. The van der Waals surface area contributed by atoms with Gasteiger partial charge in [-0.05, 0) is 55.3 Å². The van der Waals surface area contributed by atoms with E-state index in [0.29, 0.717) is 41.7 Å². The van der Waals surface area contributed by atoms with E-state index in [1.807, 2.05) is 30.3 Å². The molecule has 8 heteroatoms. The van der Waals surface area contributed by atoms with E-state index in [0.717, 1.165) is 22.0 Å². The Bertz CT molecular complexity index is 1350. The number of fused-ring (bicyclic) bond motifs is 1. The first-order chi connectivity index (χ1) is 16.5. The van der Waals surface area contributed by atoms with Crippen molar-refractivity contribution in [2.24, 2.45) is 0 Å². The minimum Gasteiger partial charge on any atom is -0.497 e. The number of aryl methyl sites for hydroxylation is 1. The molecule has 0 unspecified atom stereocenters. The molecule has 0 atom stereocenters. The van der Waals surface area contributed by atoms with E-state index < -0.39 is 5.97 Å². The molecule has 34 heavy (non-hydrogen) atoms. The predicted molar refractivity (Wildman–Crippen MR) is 127 cm³/mol. The molecule has 0 spiro atoms. The Balaban J connectivity index is 1.52. The largest absolute Gasteiger partial charge is 0.497 e. The molecule has 8 nitrogen and oxygen atoms in total. The fraction of sp³-hybridized carbons (Fsp3) is 0.231. The number of hydrogen-bond donors (Lipinski definition) is 1. The van der Waals surface area contributed by atoms with Crippen molar-refractivity contribution in [1.82, 2.24) is 15.0 Å². The average Bonchev–Trinajstić information content (AvgIpc) is 3.31. The fourth-order valence-corrected chi connectivity index (χ4v) is 3.68. The Morgan fingerprint density at radius 1 is 1.00 bits per heavy atom. The third-order valence-electron chi connectivity index (χ3n) is 5.43. The number of aromatic nitrogens is 3. The Hall–Kier alpha value is -4.20. The Kier molecular flexibility index (Phi) is 6.87. The molecule has 4 rings (SSSR count). The molecule has 2 aromatic carbocycles. The molecule has 174 valence electrons. The fourth-order valence-electron chi connectivity index (χ4n) is 3.68. The van der Waals surface area contributed by atoms with Gasteiger partial charge in [0.05, 0.1) is 20.8 Å². The van der Waals surface area contributed by atoms with E-state index in [-0.39, 0.29) is 12.2 Å². The maximum Gasteiger partial charge on any atom is 0.354 e. The van der Waals surface area contributed by atoms with E-state index in [1.165, 1.54) is 0 Å². The molecule has 2 aromatic heterocycles. The molecule has 2 heterocycles. The smallest absolute Gasteiger partial charge is 0.354 e. The van der Waals surface area contributed by atoms with Crippen LogP contribution in [-0.4, -0.2) is 47.5 Å². The molecular formula is C26H25N3O5. The van der Waals surface area contributed by atoms with Gasteiger partial charge in [-0.15, -0.1) is 0 Å². The van der Waals surface area contributed by atoms with Crippen LogP contribution in [0.2, 0.25) is 0 Å². The average molecular weight is 460 g/mol. The van der Waals surface area contributed by atoms with Gasteiger partial charge in [-0.1, -0.05) is 6.07 Å². The number of hydrogen-bond acceptors (Lipinski definition) is 7. The highest BCUT2D eigenvalue weighted by Crippen LogP contribution is 2.26. The van der Waals surface area contributed by atoms with Crippen molar-refractivity contribution in [2.45, 2.75) is 19.8 Å². The summed E-state index contributed by atoms with van der Waals surface area (Å²) >= 11 is 0. The molecule has 0 saturated heterocycles. The highest BCUT2D eigenvalue weighted by atomic mass is 16.5. The van der Waals surface area contributed by atoms with E-state index in [9.17, 15) is 9.59 Å². The number of rotatable bonds is 9. The van der Waals surface area contributed by atoms with Gasteiger partial charge in [0.2, 0.25) is 0 Å². The van der Waals surface area contributed by atoms with Gasteiger partial charge in [0.1, 0.15) is 22.9 Å². The van der Waals surface area contributed by atoms with Crippen LogP contribution < -0.4 is 9.47 Å². The first-order valence-corrected chi connectivity index (χ1v) is 10.9. The van der Waals surface area contributed by atoms with Crippen LogP contribution in [0.3, 0.4) is 0 Å². The molecular weight excluding hydrogens is 434 g/mol. The molecule has 0 aliphatic heterocycles. The maximum atomic E-state index is 12.9. The number of ether oxygens (including phenoxy) is 3. The number of H-pyrrole nitrogens is 1. The summed E-state index contributed by atoms with van der Waals surface area (Å²) in [6.07, 6.45) is 2.37. The summed E-state index contributed by atoms with van der Waals surface area (Å²) in [6.45, 7) is 2.07. The van der Waals surface area contributed by atoms with E-state index in [2.05, 4.69) is 15.0 Å². The maximum absolute atomic E-state index is 12.9. The van der Waals surface area contributed by atoms with Crippen molar-refractivity contribution in [1.29, 1.82) is 0 Å². The van der Waals surface area contributed by atoms with Crippen LogP contribution in [0.5, 0.6) is 11.5 Å². The number of carbonyl (C=O) groups excluding carboxylic acids is 2. The predicted octanol–water partition coefficient (Wildman–Crippen LogP) is 4.63. The van der Waals surface area contributed by atoms with Crippen molar-refractivity contribution >= 4 is 22.7 Å². The summed E-state index contributed by atoms with van der Waals surface area (Å²) in [5.74, 6) is 1.32. The minimum absolute atomic E-state index is 0.0890. The van der Waals surface area contributed by atoms with Crippen LogP contribution in [-0.2, 0) is 11.2 Å². The van der Waals surface area contributed by atoms with Gasteiger partial charge < -0.3 is 19.2 Å². The standard InChI is InChI=1S/C26H25N3O5/c1-4-34-26(31)22-14-18-13-17(6-9-20(18)28-22)25-27-12-11-21(29-25)23(30)10-7-16-5-8-19(32-2)15-24(16)33-3/h5-6,8-9,11-15,28H,4,7,10H2,1-3H3. The topological polar surface area (TPSA) is 103 Å². The normalized spacial score (nSPS) is 10.8. The second-order valence-corrected chi connectivity index (χ2v) is 7.57. The number of esters is 1. The van der Waals surface area contributed by atoms with Gasteiger partial charge in [-0.2, -0.15) is 0 Å². The van der Waals surface area contributed by atoms with E-state index >= 15 is 0 Å². The van der Waals surface area contributed by atoms with Gasteiger partial charge in [-0.25, -0.2) is 14.8 Å². The molecule has 0 fully saturated rings. The van der Waals surface area contributed by atoms with Crippen molar-refractivity contribution in [3.05, 3.63) is 71.7 Å². The quantitative estimate of drug-likeness (QED) is 0.287. The zero-order valence-corrected chi connectivity index (χ0v) is 19.3. The van der Waals surface area contributed by atoms with Crippen LogP contribution in [0.15, 0.2) is 54.7 Å². The van der Waals surface area contributed by atoms with Crippen LogP contribution >= 0.6 is 0 Å². The number of methoxy groups -OCH3 is 2. The molecule has 0 aliphatic rings. The Morgan fingerprint density at radius 2 is 1.85 bits per heavy atom. The van der Waals surface area contributed by atoms with Crippen molar-refractivity contribution < 1.29 is 23.8 Å². The van der Waals surface area contributed by atoms with Crippen molar-refractivity contribution in [2.75, 3.05) is 20.8 Å². The van der Waals surface area contributed by atoms with Gasteiger partial charge in [0.15, 0.2) is 11.6 Å². The summed E-state index contributed by atoms with van der Waals surface area (Å²) in [6, 6.07) is 14.5. The molecule has 1 N–H and O–H groups in total. The van der Waals surface area contributed by atoms with E-state index in [4.69, 9.17) is 14.2 Å². The molecule has 0 saturated carbocycles. The Labute approximate surface area is 196 Å². The van der Waals surface area contributed by atoms with Crippen molar-refractivity contribution in [3.63, 3.8) is 0 Å². The first-order valence-electron chi connectivity index (χ1n) is 10.9. The van der Waals surface area contributed by atoms with Crippen molar-refractivity contribution in [3.8, 4) is 22.9 Å². The van der Waals surface area contributed by atoms with Gasteiger partial charge in [0.25, 0.3) is 0 Å². The van der Waals surface area contributed by atoms with Crippen LogP contribution in [0, 0.1) is 0 Å². The molecule has 0 amide bonds. The van der Waals surface area contributed by atoms with Gasteiger partial charge >= 0.3 is 5.97 Å². The number of carbonyl (C=O) groups is 2. The summed E-state index contributed by atoms with van der Waals surface area (Å²) in [5, 5.41) is 0.826. The first kappa shape index (κ1) is 23.0. The lowest BCUT2D eigenvalue weighted by molar-refractivity contribution is 0.0520. The van der Waals surface area contributed by atoms with Crippen LogP contribution in [0.4, 0.5) is 0 Å². The lowest BCUT2D eigenvalue weighted by Crippen LogP contribution is -2.06. The molecule has 0 bridgehead atoms. The van der Waals surface area contributed by atoms with Crippen LogP contribution in [0.25, 0.3) is 22.3 Å². The third kappa shape index (κ3) is 4.91. The zero-order chi connectivity index (χ0) is 24.1. The highest BCUT2D eigenvalue weighted by molar-refractivity contribution is 5.96. The Morgan fingerprint density at radius 3 is 2.62 bits per heavy atom. The zero-order valence-electron chi connectivity index (χ0n) is 19.3. The number of benzene rings is 2. The lowest BCUT2D eigenvalue weighted by Gasteiger charge is -2.10. The lowest BCUT2D eigenvalue weighted by atomic mass is 10.0. The monoisotopic (exact) mass is 459 g/mol. The SMILES string of the molecule is CCOC(=O)c1cc2cc(-c3nccc(C(=O)CCc4ccc(OC)cc4OC)n3)ccc2[nH]1. The number of nitrogens with zero attached hydrogens (tertiary/aromatic N) is 2. The number of Topliss-reactive ketones (excluding diaryl/α,β-unsaturated/α-hetero) is 1. The van der Waals surface area contributed by atoms with Gasteiger partial charge in [0, 0.05) is 35.2 Å².